The Balaban J connectivity index is 1.95. The summed E-state index contributed by atoms with van der Waals surface area (Å²) in [7, 11) is 1.86. The van der Waals surface area contributed by atoms with Gasteiger partial charge in [0.05, 0.1) is 17.4 Å². The highest BCUT2D eigenvalue weighted by Gasteiger charge is 2.11. The quantitative estimate of drug-likeness (QED) is 0.541. The highest BCUT2D eigenvalue weighted by Crippen LogP contribution is 2.14. The number of pyridine rings is 1. The molecule has 0 aliphatic rings. The first kappa shape index (κ1) is 14.0. The van der Waals surface area contributed by atoms with E-state index in [2.05, 4.69) is 20.8 Å². The predicted octanol–water partition coefficient (Wildman–Crippen LogP) is 0.382. The number of carbonyl (C=O) groups excluding carboxylic acids is 1. The van der Waals surface area contributed by atoms with Gasteiger partial charge in [0, 0.05) is 31.7 Å². The van der Waals surface area contributed by atoms with Gasteiger partial charge in [0.15, 0.2) is 0 Å². The van der Waals surface area contributed by atoms with Crippen molar-refractivity contribution in [3.05, 3.63) is 41.5 Å². The second kappa shape index (κ2) is 6.16. The Bertz CT molecular complexity index is 607. The lowest BCUT2D eigenvalue weighted by atomic mass is 10.2. The van der Waals surface area contributed by atoms with Crippen molar-refractivity contribution in [1.29, 1.82) is 0 Å². The zero-order chi connectivity index (χ0) is 14.5. The fourth-order valence-corrected chi connectivity index (χ4v) is 1.88. The molecule has 0 bridgehead atoms. The van der Waals surface area contributed by atoms with Crippen LogP contribution in [0.5, 0.6) is 0 Å². The number of nitrogens with one attached hydrogen (secondary N) is 2. The number of nitrogens with zero attached hydrogens (tertiary/aromatic N) is 3. The molecule has 0 atom stereocenters. The maximum atomic E-state index is 12.1. The number of nitrogen functional groups attached to an aromatic ring is 1. The van der Waals surface area contributed by atoms with Gasteiger partial charge in [0.2, 0.25) is 0 Å². The first-order valence-electron chi connectivity index (χ1n) is 6.29. The van der Waals surface area contributed by atoms with Gasteiger partial charge in [-0.2, -0.15) is 5.10 Å². The van der Waals surface area contributed by atoms with Crippen LogP contribution in [-0.4, -0.2) is 27.2 Å². The molecule has 0 saturated carbocycles. The minimum absolute atomic E-state index is 0.200. The molecule has 1 amide bonds. The van der Waals surface area contributed by atoms with E-state index in [9.17, 15) is 4.79 Å². The largest absolute Gasteiger partial charge is 0.352 e. The van der Waals surface area contributed by atoms with Crippen molar-refractivity contribution in [1.82, 2.24) is 20.1 Å². The third-order valence-electron chi connectivity index (χ3n) is 2.90. The first-order chi connectivity index (χ1) is 9.60. The molecule has 2 rings (SSSR count). The molecule has 2 aromatic rings. The van der Waals surface area contributed by atoms with Crippen LogP contribution in [0.3, 0.4) is 0 Å². The highest BCUT2D eigenvalue weighted by atomic mass is 16.1. The maximum Gasteiger partial charge on any atom is 0.255 e. The molecule has 0 unspecified atom stereocenters. The Morgan fingerprint density at radius 1 is 1.45 bits per heavy atom. The summed E-state index contributed by atoms with van der Waals surface area (Å²) < 4.78 is 1.73. The van der Waals surface area contributed by atoms with Crippen molar-refractivity contribution in [3.63, 3.8) is 0 Å². The summed E-state index contributed by atoms with van der Waals surface area (Å²) in [5.74, 6) is 5.21. The van der Waals surface area contributed by atoms with Crippen LogP contribution in [0.4, 0.5) is 5.69 Å². The van der Waals surface area contributed by atoms with E-state index in [0.717, 1.165) is 17.7 Å². The van der Waals surface area contributed by atoms with Crippen LogP contribution in [0.15, 0.2) is 24.7 Å². The Hall–Kier alpha value is -2.41. The monoisotopic (exact) mass is 274 g/mol. The summed E-state index contributed by atoms with van der Waals surface area (Å²) in [4.78, 5) is 16.2. The van der Waals surface area contributed by atoms with Gasteiger partial charge in [0.25, 0.3) is 5.91 Å². The van der Waals surface area contributed by atoms with Crippen molar-refractivity contribution >= 4 is 11.6 Å². The fourth-order valence-electron chi connectivity index (χ4n) is 1.88. The molecule has 2 heterocycles. The molecule has 0 saturated heterocycles. The smallest absolute Gasteiger partial charge is 0.255 e. The lowest BCUT2D eigenvalue weighted by molar-refractivity contribution is 0.0954. The van der Waals surface area contributed by atoms with Crippen molar-refractivity contribution in [2.45, 2.75) is 13.3 Å². The summed E-state index contributed by atoms with van der Waals surface area (Å²) in [6.45, 7) is 2.37. The van der Waals surface area contributed by atoms with Crippen LogP contribution in [-0.2, 0) is 13.5 Å². The Morgan fingerprint density at radius 2 is 2.25 bits per heavy atom. The molecule has 2 aromatic heterocycles. The van der Waals surface area contributed by atoms with Crippen LogP contribution in [0.1, 0.15) is 21.6 Å². The number of nitrogens with two attached hydrogens (primary N) is 1. The minimum atomic E-state index is -0.200. The third kappa shape index (κ3) is 3.33. The molecular weight excluding hydrogens is 256 g/mol. The molecule has 0 aromatic carbocycles. The number of hydrazine groups is 1. The maximum absolute atomic E-state index is 12.1. The molecule has 0 spiro atoms. The van der Waals surface area contributed by atoms with E-state index in [1.807, 2.05) is 20.2 Å². The van der Waals surface area contributed by atoms with E-state index in [-0.39, 0.29) is 5.91 Å². The minimum Gasteiger partial charge on any atom is -0.352 e. The molecule has 4 N–H and O–H groups in total. The second-order valence-corrected chi connectivity index (χ2v) is 4.54. The molecule has 7 nitrogen and oxygen atoms in total. The van der Waals surface area contributed by atoms with Crippen LogP contribution < -0.4 is 16.6 Å². The second-order valence-electron chi connectivity index (χ2n) is 4.54. The van der Waals surface area contributed by atoms with Gasteiger partial charge in [-0.25, -0.2) is 0 Å². The lowest BCUT2D eigenvalue weighted by Gasteiger charge is -2.09. The third-order valence-corrected chi connectivity index (χ3v) is 2.90. The lowest BCUT2D eigenvalue weighted by Crippen LogP contribution is -2.27. The van der Waals surface area contributed by atoms with Crippen LogP contribution in [0.2, 0.25) is 0 Å². The van der Waals surface area contributed by atoms with Crippen LogP contribution in [0.25, 0.3) is 0 Å². The van der Waals surface area contributed by atoms with Crippen molar-refractivity contribution in [3.8, 4) is 0 Å². The summed E-state index contributed by atoms with van der Waals surface area (Å²) in [6.07, 6.45) is 5.95. The van der Waals surface area contributed by atoms with Gasteiger partial charge in [-0.3, -0.25) is 20.3 Å². The molecular formula is C13H18N6O. The number of aryl methyl sites for hydroxylation is 2. The fraction of sp³-hybridized carbons (Fsp3) is 0.308. The van der Waals surface area contributed by atoms with E-state index in [1.165, 1.54) is 6.20 Å². The SMILES string of the molecule is Cc1cc(NN)c(C(=O)NCCc2cnn(C)c2)cn1. The molecule has 106 valence electrons. The summed E-state index contributed by atoms with van der Waals surface area (Å²) in [5, 5.41) is 6.92. The van der Waals surface area contributed by atoms with Gasteiger partial charge in [0.1, 0.15) is 0 Å². The van der Waals surface area contributed by atoms with Gasteiger partial charge in [-0.15, -0.1) is 0 Å². The van der Waals surface area contributed by atoms with Crippen LogP contribution in [0, 0.1) is 6.92 Å². The van der Waals surface area contributed by atoms with E-state index in [1.54, 1.807) is 16.9 Å². The number of rotatable bonds is 5. The standard InChI is InChI=1S/C13H18N6O/c1-9-5-12(18-14)11(7-16-9)13(20)15-4-3-10-6-17-19(2)8-10/h5-8H,3-4,14H2,1-2H3,(H,15,20)(H,16,18). The number of amides is 1. The first-order valence-corrected chi connectivity index (χ1v) is 6.29. The molecule has 7 heteroatoms. The predicted molar refractivity (Wildman–Crippen MR) is 76.0 cm³/mol. The summed E-state index contributed by atoms with van der Waals surface area (Å²) in [5.41, 5.74) is 5.39. The van der Waals surface area contributed by atoms with E-state index < -0.39 is 0 Å². The number of anilines is 1. The molecule has 0 fully saturated rings. The molecule has 0 aliphatic heterocycles. The number of carbonyl (C=O) groups is 1. The average Bonchev–Trinajstić information content (AvgIpc) is 2.84. The summed E-state index contributed by atoms with van der Waals surface area (Å²) in [6, 6.07) is 1.73. The number of hydrogen-bond donors (Lipinski definition) is 3. The van der Waals surface area contributed by atoms with Crippen molar-refractivity contribution in [2.75, 3.05) is 12.0 Å². The topological polar surface area (TPSA) is 97.9 Å². The van der Waals surface area contributed by atoms with Gasteiger partial charge in [-0.1, -0.05) is 0 Å². The van der Waals surface area contributed by atoms with Gasteiger partial charge >= 0.3 is 0 Å². The van der Waals surface area contributed by atoms with Gasteiger partial charge in [-0.05, 0) is 25.0 Å². The van der Waals surface area contributed by atoms with Crippen molar-refractivity contribution < 1.29 is 4.79 Å². The Labute approximate surface area is 117 Å². The van der Waals surface area contributed by atoms with E-state index >= 15 is 0 Å². The van der Waals surface area contributed by atoms with Gasteiger partial charge < -0.3 is 10.7 Å². The van der Waals surface area contributed by atoms with Crippen LogP contribution >= 0.6 is 0 Å². The Morgan fingerprint density at radius 3 is 2.90 bits per heavy atom. The average molecular weight is 274 g/mol. The number of aromatic nitrogens is 3. The zero-order valence-corrected chi connectivity index (χ0v) is 11.6. The Kier molecular flexibility index (Phi) is 4.31. The molecule has 0 radical (unpaired) electrons. The normalized spacial score (nSPS) is 10.3. The number of hydrogen-bond acceptors (Lipinski definition) is 5. The van der Waals surface area contributed by atoms with E-state index in [0.29, 0.717) is 17.8 Å². The highest BCUT2D eigenvalue weighted by molar-refractivity contribution is 5.99. The van der Waals surface area contributed by atoms with E-state index in [4.69, 9.17) is 5.84 Å². The summed E-state index contributed by atoms with van der Waals surface area (Å²) >= 11 is 0. The molecule has 20 heavy (non-hydrogen) atoms. The zero-order valence-electron chi connectivity index (χ0n) is 11.6. The molecule has 0 aliphatic carbocycles. The van der Waals surface area contributed by atoms with Crippen molar-refractivity contribution in [2.24, 2.45) is 12.9 Å².